The minimum atomic E-state index is 0.365. The van der Waals surface area contributed by atoms with E-state index >= 15 is 0 Å². The zero-order valence-corrected chi connectivity index (χ0v) is 6.26. The van der Waals surface area contributed by atoms with Crippen LogP contribution in [0.25, 0.3) is 0 Å². The van der Waals surface area contributed by atoms with Crippen LogP contribution >= 0.6 is 0 Å². The highest BCUT2D eigenvalue weighted by Crippen LogP contribution is 2.17. The highest BCUT2D eigenvalue weighted by atomic mass is 16.1. The van der Waals surface area contributed by atoms with Crippen molar-refractivity contribution in [3.63, 3.8) is 0 Å². The molecule has 1 radical (unpaired) electrons. The zero-order chi connectivity index (χ0) is 7.68. The molecule has 2 rings (SSSR count). The summed E-state index contributed by atoms with van der Waals surface area (Å²) in [6, 6.07) is 8.88. The maximum absolute atomic E-state index is 11.0. The van der Waals surface area contributed by atoms with Gasteiger partial charge in [0.1, 0.15) is 5.78 Å². The maximum atomic E-state index is 11.0. The maximum Gasteiger partial charge on any atom is 0.137 e. The zero-order valence-electron chi connectivity index (χ0n) is 6.26. The number of benzene rings is 1. The normalized spacial score (nSPS) is 16.2. The van der Waals surface area contributed by atoms with E-state index in [0.717, 1.165) is 6.42 Å². The third kappa shape index (κ3) is 1.18. The molecular formula is C10H9O. The number of carbonyl (C=O) groups excluding carboxylic acids is 1. The number of Topliss-reactive ketones (excluding diaryl/α,β-unsaturated/α-hetero) is 1. The van der Waals surface area contributed by atoms with Gasteiger partial charge in [0.05, 0.1) is 0 Å². The van der Waals surface area contributed by atoms with E-state index in [1.807, 2.05) is 18.2 Å². The van der Waals surface area contributed by atoms with E-state index in [2.05, 4.69) is 6.07 Å². The van der Waals surface area contributed by atoms with Gasteiger partial charge in [0.15, 0.2) is 0 Å². The summed E-state index contributed by atoms with van der Waals surface area (Å²) in [7, 11) is 0. The van der Waals surface area contributed by atoms with Crippen molar-refractivity contribution < 1.29 is 4.79 Å². The Bertz CT molecular complexity index is 289. The number of carbonyl (C=O) groups is 1. The van der Waals surface area contributed by atoms with Gasteiger partial charge < -0.3 is 0 Å². The molecule has 1 aliphatic carbocycles. The van der Waals surface area contributed by atoms with Gasteiger partial charge in [-0.15, -0.1) is 0 Å². The molecule has 1 aromatic carbocycles. The minimum absolute atomic E-state index is 0.365. The van der Waals surface area contributed by atoms with E-state index in [1.165, 1.54) is 11.1 Å². The molecule has 0 saturated heterocycles. The number of hydrogen-bond donors (Lipinski definition) is 0. The third-order valence-electron chi connectivity index (χ3n) is 2.11. The summed E-state index contributed by atoms with van der Waals surface area (Å²) in [6.45, 7) is 0. The second-order valence-electron chi connectivity index (χ2n) is 2.91. The van der Waals surface area contributed by atoms with E-state index in [-0.39, 0.29) is 0 Å². The van der Waals surface area contributed by atoms with Gasteiger partial charge in [-0.1, -0.05) is 18.2 Å². The van der Waals surface area contributed by atoms with Gasteiger partial charge in [-0.25, -0.2) is 0 Å². The summed E-state index contributed by atoms with van der Waals surface area (Å²) in [6.07, 6.45) is 2.25. The van der Waals surface area contributed by atoms with Gasteiger partial charge >= 0.3 is 0 Å². The lowest BCUT2D eigenvalue weighted by Crippen LogP contribution is -2.12. The van der Waals surface area contributed by atoms with Crippen LogP contribution in [0.2, 0.25) is 0 Å². The predicted molar refractivity (Wildman–Crippen MR) is 42.3 cm³/mol. The molecule has 55 valence electrons. The second kappa shape index (κ2) is 2.50. The molecule has 1 aromatic rings. The third-order valence-corrected chi connectivity index (χ3v) is 2.11. The quantitative estimate of drug-likeness (QED) is 0.541. The molecule has 0 saturated carbocycles. The number of ketones is 1. The second-order valence-corrected chi connectivity index (χ2v) is 2.91. The Labute approximate surface area is 66.0 Å². The Hall–Kier alpha value is -1.11. The standard InChI is InChI=1S/C10H9O/c11-10-6-5-8-3-1-2-4-9(8)7-10/h2-4H,5-7H2. The Morgan fingerprint density at radius 3 is 3.09 bits per heavy atom. The van der Waals surface area contributed by atoms with Crippen LogP contribution < -0.4 is 0 Å². The Kier molecular flexibility index (Phi) is 1.50. The lowest BCUT2D eigenvalue weighted by molar-refractivity contribution is -0.118. The smallest absolute Gasteiger partial charge is 0.137 e. The fraction of sp³-hybridized carbons (Fsp3) is 0.300. The minimum Gasteiger partial charge on any atom is -0.299 e. The van der Waals surface area contributed by atoms with Gasteiger partial charge in [-0.05, 0) is 23.6 Å². The summed E-state index contributed by atoms with van der Waals surface area (Å²) in [5.41, 5.74) is 2.49. The number of aryl methyl sites for hydroxylation is 1. The van der Waals surface area contributed by atoms with Crippen molar-refractivity contribution in [1.82, 2.24) is 0 Å². The van der Waals surface area contributed by atoms with Crippen LogP contribution in [0, 0.1) is 6.07 Å². The van der Waals surface area contributed by atoms with Crippen molar-refractivity contribution in [3.8, 4) is 0 Å². The molecule has 1 aliphatic rings. The molecule has 1 nitrogen and oxygen atoms in total. The summed E-state index contributed by atoms with van der Waals surface area (Å²) < 4.78 is 0. The molecule has 0 amide bonds. The fourth-order valence-corrected chi connectivity index (χ4v) is 1.48. The van der Waals surface area contributed by atoms with Crippen LogP contribution in [0.1, 0.15) is 17.5 Å². The molecule has 0 aliphatic heterocycles. The van der Waals surface area contributed by atoms with Gasteiger partial charge in [-0.2, -0.15) is 0 Å². The van der Waals surface area contributed by atoms with Crippen LogP contribution in [0.15, 0.2) is 18.2 Å². The summed E-state index contributed by atoms with van der Waals surface area (Å²) in [5, 5.41) is 0. The average Bonchev–Trinajstić information content (AvgIpc) is 2.04. The topological polar surface area (TPSA) is 17.1 Å². The lowest BCUT2D eigenvalue weighted by Gasteiger charge is -2.13. The van der Waals surface area contributed by atoms with Crippen molar-refractivity contribution in [2.75, 3.05) is 0 Å². The monoisotopic (exact) mass is 145 g/mol. The van der Waals surface area contributed by atoms with E-state index in [9.17, 15) is 4.79 Å². The van der Waals surface area contributed by atoms with Crippen LogP contribution in [0.3, 0.4) is 0 Å². The van der Waals surface area contributed by atoms with Crippen molar-refractivity contribution in [3.05, 3.63) is 35.4 Å². The fourth-order valence-electron chi connectivity index (χ4n) is 1.48. The highest BCUT2D eigenvalue weighted by Gasteiger charge is 2.13. The van der Waals surface area contributed by atoms with Crippen LogP contribution in [-0.2, 0) is 17.6 Å². The molecule has 11 heavy (non-hydrogen) atoms. The highest BCUT2D eigenvalue weighted by molar-refractivity contribution is 5.83. The SMILES string of the molecule is O=C1CCc2c[c]ccc2C1. The average molecular weight is 145 g/mol. The van der Waals surface area contributed by atoms with E-state index in [1.54, 1.807) is 0 Å². The van der Waals surface area contributed by atoms with Gasteiger partial charge in [-0.3, -0.25) is 4.79 Å². The molecular weight excluding hydrogens is 136 g/mol. The summed E-state index contributed by atoms with van der Waals surface area (Å²) in [5.74, 6) is 0.365. The first-order valence-corrected chi connectivity index (χ1v) is 3.86. The molecule has 0 heterocycles. The Balaban J connectivity index is 2.41. The molecule has 0 bridgehead atoms. The van der Waals surface area contributed by atoms with E-state index < -0.39 is 0 Å². The lowest BCUT2D eigenvalue weighted by atomic mass is 9.91. The first kappa shape index (κ1) is 6.59. The molecule has 0 aromatic heterocycles. The number of rotatable bonds is 0. The van der Waals surface area contributed by atoms with Crippen LogP contribution in [0.4, 0.5) is 0 Å². The first-order chi connectivity index (χ1) is 5.36. The Morgan fingerprint density at radius 1 is 1.27 bits per heavy atom. The molecule has 0 atom stereocenters. The van der Waals surface area contributed by atoms with Crippen LogP contribution in [0.5, 0.6) is 0 Å². The first-order valence-electron chi connectivity index (χ1n) is 3.86. The summed E-state index contributed by atoms with van der Waals surface area (Å²) >= 11 is 0. The summed E-state index contributed by atoms with van der Waals surface area (Å²) in [4.78, 5) is 11.0. The molecule has 0 unspecified atom stereocenters. The molecule has 0 spiro atoms. The molecule has 0 N–H and O–H groups in total. The van der Waals surface area contributed by atoms with Crippen molar-refractivity contribution in [2.45, 2.75) is 19.3 Å². The largest absolute Gasteiger partial charge is 0.299 e. The molecule has 0 fully saturated rings. The Morgan fingerprint density at radius 2 is 2.18 bits per heavy atom. The van der Waals surface area contributed by atoms with Crippen molar-refractivity contribution in [2.24, 2.45) is 0 Å². The van der Waals surface area contributed by atoms with Crippen molar-refractivity contribution >= 4 is 5.78 Å². The van der Waals surface area contributed by atoms with Gasteiger partial charge in [0.2, 0.25) is 0 Å². The van der Waals surface area contributed by atoms with E-state index in [0.29, 0.717) is 18.6 Å². The van der Waals surface area contributed by atoms with E-state index in [4.69, 9.17) is 0 Å². The van der Waals surface area contributed by atoms with Gasteiger partial charge in [0.25, 0.3) is 0 Å². The van der Waals surface area contributed by atoms with Crippen molar-refractivity contribution in [1.29, 1.82) is 0 Å². The molecule has 1 heteroatoms. The number of hydrogen-bond acceptors (Lipinski definition) is 1. The van der Waals surface area contributed by atoms with Crippen LogP contribution in [-0.4, -0.2) is 5.78 Å². The number of fused-ring (bicyclic) bond motifs is 1. The van der Waals surface area contributed by atoms with Gasteiger partial charge in [0, 0.05) is 12.8 Å². The predicted octanol–water partition coefficient (Wildman–Crippen LogP) is 1.54.